The second-order valence-electron chi connectivity index (χ2n) is 5.81. The van der Waals surface area contributed by atoms with Crippen molar-refractivity contribution in [2.24, 2.45) is 0 Å². The molecular weight excluding hydrogens is 406 g/mol. The highest BCUT2D eigenvalue weighted by Crippen LogP contribution is 2.22. The molecule has 0 saturated carbocycles. The van der Waals surface area contributed by atoms with Crippen LogP contribution in [0.3, 0.4) is 0 Å². The molecule has 0 radical (unpaired) electrons. The molecule has 0 aliphatic rings. The molecular formula is C19H15BrF2N2O2. The molecule has 134 valence electrons. The minimum absolute atomic E-state index is 0.0314. The predicted octanol–water partition coefficient (Wildman–Crippen LogP) is 4.47. The first-order valence-corrected chi connectivity index (χ1v) is 8.57. The van der Waals surface area contributed by atoms with Crippen LogP contribution >= 0.6 is 15.9 Å². The van der Waals surface area contributed by atoms with Gasteiger partial charge in [-0.25, -0.2) is 8.78 Å². The summed E-state index contributed by atoms with van der Waals surface area (Å²) in [4.78, 5) is 16.2. The van der Waals surface area contributed by atoms with E-state index < -0.39 is 11.6 Å². The number of hydrogen-bond acceptors (Lipinski definition) is 3. The minimum Gasteiger partial charge on any atom is -0.487 e. The third-order valence-electron chi connectivity index (χ3n) is 3.86. The Kier molecular flexibility index (Phi) is 5.18. The molecule has 0 N–H and O–H groups in total. The number of aromatic nitrogens is 2. The van der Waals surface area contributed by atoms with Crippen molar-refractivity contribution in [3.05, 3.63) is 86.0 Å². The molecule has 0 aliphatic heterocycles. The molecule has 0 spiro atoms. The van der Waals surface area contributed by atoms with E-state index in [1.165, 1.54) is 6.07 Å². The number of hydrogen-bond donors (Lipinski definition) is 0. The fourth-order valence-electron chi connectivity index (χ4n) is 2.59. The predicted molar refractivity (Wildman–Crippen MR) is 97.7 cm³/mol. The van der Waals surface area contributed by atoms with Crippen LogP contribution in [0.15, 0.2) is 51.9 Å². The van der Waals surface area contributed by atoms with E-state index in [9.17, 15) is 13.6 Å². The molecule has 0 bridgehead atoms. The zero-order chi connectivity index (χ0) is 18.8. The normalized spacial score (nSPS) is 10.8. The highest BCUT2D eigenvalue weighted by atomic mass is 79.9. The molecule has 7 heteroatoms. The summed E-state index contributed by atoms with van der Waals surface area (Å²) in [6, 6.07) is 9.44. The second-order valence-corrected chi connectivity index (χ2v) is 6.72. The molecule has 3 aromatic rings. The summed E-state index contributed by atoms with van der Waals surface area (Å²) in [5.74, 6) is -1.25. The van der Waals surface area contributed by atoms with E-state index in [0.717, 1.165) is 28.0 Å². The van der Waals surface area contributed by atoms with Crippen molar-refractivity contribution in [1.82, 2.24) is 9.55 Å². The highest BCUT2D eigenvalue weighted by Gasteiger charge is 2.11. The molecule has 1 aromatic carbocycles. The van der Waals surface area contributed by atoms with Crippen LogP contribution in [0, 0.1) is 25.5 Å². The van der Waals surface area contributed by atoms with Crippen LogP contribution in [0.1, 0.15) is 17.0 Å². The minimum atomic E-state index is -0.792. The Morgan fingerprint density at radius 2 is 1.92 bits per heavy atom. The summed E-state index contributed by atoms with van der Waals surface area (Å²) in [7, 11) is 0. The topological polar surface area (TPSA) is 44.1 Å². The Bertz CT molecular complexity index is 1030. The number of halogens is 3. The van der Waals surface area contributed by atoms with E-state index >= 15 is 0 Å². The van der Waals surface area contributed by atoms with Gasteiger partial charge in [0.25, 0.3) is 5.56 Å². The van der Waals surface area contributed by atoms with Crippen molar-refractivity contribution in [2.75, 3.05) is 0 Å². The Hall–Kier alpha value is -2.54. The number of aryl methyl sites for hydroxylation is 2. The summed E-state index contributed by atoms with van der Waals surface area (Å²) >= 11 is 3.41. The number of benzene rings is 1. The van der Waals surface area contributed by atoms with Crippen LogP contribution in [0.2, 0.25) is 0 Å². The molecule has 0 amide bonds. The van der Waals surface area contributed by atoms with E-state index in [2.05, 4.69) is 20.9 Å². The molecule has 3 rings (SSSR count). The molecule has 2 heterocycles. The van der Waals surface area contributed by atoms with Gasteiger partial charge in [-0.3, -0.25) is 14.3 Å². The second kappa shape index (κ2) is 7.37. The monoisotopic (exact) mass is 420 g/mol. The van der Waals surface area contributed by atoms with Crippen molar-refractivity contribution in [3.63, 3.8) is 0 Å². The maximum absolute atomic E-state index is 13.6. The Morgan fingerprint density at radius 1 is 1.15 bits per heavy atom. The van der Waals surface area contributed by atoms with Gasteiger partial charge in [0.15, 0.2) is 5.82 Å². The van der Waals surface area contributed by atoms with Gasteiger partial charge in [-0.1, -0.05) is 22.0 Å². The summed E-state index contributed by atoms with van der Waals surface area (Å²) in [6.07, 6.45) is 0.918. The summed E-state index contributed by atoms with van der Waals surface area (Å²) in [5.41, 5.74) is 2.08. The van der Waals surface area contributed by atoms with Gasteiger partial charge >= 0.3 is 0 Å². The fourth-order valence-corrected chi connectivity index (χ4v) is 2.94. The lowest BCUT2D eigenvalue weighted by atomic mass is 10.2. The van der Waals surface area contributed by atoms with E-state index in [4.69, 9.17) is 4.74 Å². The third-order valence-corrected chi connectivity index (χ3v) is 4.35. The van der Waals surface area contributed by atoms with Crippen LogP contribution in [0.25, 0.3) is 5.69 Å². The summed E-state index contributed by atoms with van der Waals surface area (Å²) < 4.78 is 34.4. The number of ether oxygens (including phenoxy) is 1. The van der Waals surface area contributed by atoms with Gasteiger partial charge in [0.05, 0.1) is 11.9 Å². The molecule has 0 atom stereocenters. The molecule has 4 nitrogen and oxygen atoms in total. The van der Waals surface area contributed by atoms with E-state index in [-0.39, 0.29) is 17.9 Å². The Balaban J connectivity index is 1.90. The van der Waals surface area contributed by atoms with E-state index in [1.807, 2.05) is 25.1 Å². The molecule has 0 aliphatic carbocycles. The molecule has 26 heavy (non-hydrogen) atoms. The SMILES string of the molecule is Cc1ccc(Br)cc1-n1c(C)cc(OCc2ncc(F)cc2F)cc1=O. The lowest BCUT2D eigenvalue weighted by Crippen LogP contribution is -2.21. The van der Waals surface area contributed by atoms with Crippen LogP contribution in [-0.4, -0.2) is 9.55 Å². The zero-order valence-electron chi connectivity index (χ0n) is 14.1. The van der Waals surface area contributed by atoms with Gasteiger partial charge in [0.1, 0.15) is 23.9 Å². The molecule has 0 saturated heterocycles. The highest BCUT2D eigenvalue weighted by molar-refractivity contribution is 9.10. The van der Waals surface area contributed by atoms with Gasteiger partial charge < -0.3 is 4.74 Å². The van der Waals surface area contributed by atoms with Gasteiger partial charge in [-0.2, -0.15) is 0 Å². The van der Waals surface area contributed by atoms with Gasteiger partial charge in [0, 0.05) is 28.4 Å². The molecule has 2 aromatic heterocycles. The first-order valence-electron chi connectivity index (χ1n) is 7.78. The average Bonchev–Trinajstić information content (AvgIpc) is 2.56. The maximum atomic E-state index is 13.6. The van der Waals surface area contributed by atoms with Crippen molar-refractivity contribution < 1.29 is 13.5 Å². The standard InChI is InChI=1S/C19H15BrF2N2O2/c1-11-3-4-13(20)6-18(11)24-12(2)5-15(8-19(24)25)26-10-17-16(22)7-14(21)9-23-17/h3-9H,10H2,1-2H3. The first-order chi connectivity index (χ1) is 12.3. The Labute approximate surface area is 157 Å². The van der Waals surface area contributed by atoms with E-state index in [0.29, 0.717) is 11.4 Å². The largest absolute Gasteiger partial charge is 0.487 e. The van der Waals surface area contributed by atoms with Crippen LogP contribution in [-0.2, 0) is 6.61 Å². The van der Waals surface area contributed by atoms with Crippen molar-refractivity contribution >= 4 is 15.9 Å². The number of pyridine rings is 2. The number of rotatable bonds is 4. The average molecular weight is 421 g/mol. The van der Waals surface area contributed by atoms with Crippen molar-refractivity contribution in [2.45, 2.75) is 20.5 Å². The quantitative estimate of drug-likeness (QED) is 0.625. The van der Waals surface area contributed by atoms with Crippen LogP contribution in [0.4, 0.5) is 8.78 Å². The van der Waals surface area contributed by atoms with Gasteiger partial charge in [-0.15, -0.1) is 0 Å². The zero-order valence-corrected chi connectivity index (χ0v) is 15.7. The molecule has 0 unspecified atom stereocenters. The third kappa shape index (κ3) is 3.83. The lowest BCUT2D eigenvalue weighted by molar-refractivity contribution is 0.292. The summed E-state index contributed by atoms with van der Waals surface area (Å²) in [5, 5.41) is 0. The van der Waals surface area contributed by atoms with Crippen LogP contribution in [0.5, 0.6) is 5.75 Å². The van der Waals surface area contributed by atoms with Crippen LogP contribution < -0.4 is 10.3 Å². The van der Waals surface area contributed by atoms with E-state index in [1.54, 1.807) is 17.6 Å². The number of nitrogens with zero attached hydrogens (tertiary/aromatic N) is 2. The fraction of sp³-hybridized carbons (Fsp3) is 0.158. The first kappa shape index (κ1) is 18.3. The smallest absolute Gasteiger partial charge is 0.259 e. The van der Waals surface area contributed by atoms with Crippen molar-refractivity contribution in [1.29, 1.82) is 0 Å². The van der Waals surface area contributed by atoms with Crippen molar-refractivity contribution in [3.8, 4) is 11.4 Å². The lowest BCUT2D eigenvalue weighted by Gasteiger charge is -2.15. The summed E-state index contributed by atoms with van der Waals surface area (Å²) in [6.45, 7) is 3.50. The Morgan fingerprint density at radius 3 is 2.62 bits per heavy atom. The molecule has 0 fully saturated rings. The maximum Gasteiger partial charge on any atom is 0.259 e. The van der Waals surface area contributed by atoms with Gasteiger partial charge in [0.2, 0.25) is 0 Å². The van der Waals surface area contributed by atoms with Gasteiger partial charge in [-0.05, 0) is 31.5 Å².